The fourth-order valence-corrected chi connectivity index (χ4v) is 3.24. The summed E-state index contributed by atoms with van der Waals surface area (Å²) < 4.78 is 5.72. The maximum Gasteiger partial charge on any atom is 0.269 e. The molecule has 0 aliphatic rings. The van der Waals surface area contributed by atoms with Gasteiger partial charge in [-0.2, -0.15) is 0 Å². The summed E-state index contributed by atoms with van der Waals surface area (Å²) >= 11 is 12.1. The van der Waals surface area contributed by atoms with Crippen molar-refractivity contribution in [3.8, 4) is 11.5 Å². The zero-order valence-electron chi connectivity index (χ0n) is 14.6. The minimum Gasteiger partial charge on any atom is -0.435 e. The van der Waals surface area contributed by atoms with Gasteiger partial charge in [0.05, 0.1) is 9.95 Å². The van der Waals surface area contributed by atoms with E-state index in [0.717, 1.165) is 0 Å². The zero-order valence-corrected chi connectivity index (χ0v) is 16.1. The van der Waals surface area contributed by atoms with E-state index in [1.165, 1.54) is 24.3 Å². The van der Waals surface area contributed by atoms with Gasteiger partial charge in [-0.1, -0.05) is 23.2 Å². The first-order valence-corrected chi connectivity index (χ1v) is 9.08. The van der Waals surface area contributed by atoms with E-state index in [9.17, 15) is 14.9 Å². The summed E-state index contributed by atoms with van der Waals surface area (Å²) in [5, 5.41) is 14.3. The number of aromatic nitrogens is 1. The number of carbonyl (C=O) groups is 1. The number of amides is 1. The van der Waals surface area contributed by atoms with Crippen molar-refractivity contribution in [1.29, 1.82) is 0 Å². The molecule has 0 unspecified atom stereocenters. The molecule has 144 valence electrons. The number of halogens is 2. The number of carbonyl (C=O) groups excluding carboxylic acids is 1. The molecule has 0 atom stereocenters. The summed E-state index contributed by atoms with van der Waals surface area (Å²) in [6.45, 7) is 0. The van der Waals surface area contributed by atoms with Gasteiger partial charge < -0.3 is 9.73 Å². The van der Waals surface area contributed by atoms with Crippen molar-refractivity contribution >= 4 is 51.6 Å². The Hall–Kier alpha value is -3.42. The van der Waals surface area contributed by atoms with Crippen LogP contribution in [0, 0.1) is 10.1 Å². The molecule has 1 amide bonds. The number of oxazole rings is 1. The minimum absolute atomic E-state index is 0.0781. The van der Waals surface area contributed by atoms with Crippen molar-refractivity contribution in [1.82, 2.24) is 4.98 Å². The molecule has 29 heavy (non-hydrogen) atoms. The van der Waals surface area contributed by atoms with Crippen molar-refractivity contribution < 1.29 is 14.1 Å². The molecule has 0 saturated heterocycles. The van der Waals surface area contributed by atoms with Crippen LogP contribution in [-0.4, -0.2) is 15.8 Å². The summed E-state index contributed by atoms with van der Waals surface area (Å²) in [7, 11) is 0. The van der Waals surface area contributed by atoms with Gasteiger partial charge >= 0.3 is 0 Å². The van der Waals surface area contributed by atoms with Crippen molar-refractivity contribution in [3.05, 3.63) is 86.4 Å². The van der Waals surface area contributed by atoms with Gasteiger partial charge in [0.15, 0.2) is 5.58 Å². The van der Waals surface area contributed by atoms with E-state index in [4.69, 9.17) is 27.6 Å². The van der Waals surface area contributed by atoms with Crippen molar-refractivity contribution in [3.63, 3.8) is 0 Å². The molecule has 1 heterocycles. The molecule has 0 bridgehead atoms. The van der Waals surface area contributed by atoms with Gasteiger partial charge in [0.2, 0.25) is 5.89 Å². The second-order valence-electron chi connectivity index (χ2n) is 6.09. The first-order chi connectivity index (χ1) is 13.9. The molecule has 0 spiro atoms. The molecule has 0 aliphatic heterocycles. The highest BCUT2D eigenvalue weighted by Crippen LogP contribution is 2.32. The average molecular weight is 428 g/mol. The van der Waals surface area contributed by atoms with Gasteiger partial charge in [0.25, 0.3) is 11.6 Å². The highest BCUT2D eigenvalue weighted by atomic mass is 35.5. The van der Waals surface area contributed by atoms with Crippen LogP contribution in [0.15, 0.2) is 65.1 Å². The van der Waals surface area contributed by atoms with Gasteiger partial charge in [0, 0.05) is 34.0 Å². The number of hydrogen-bond acceptors (Lipinski definition) is 5. The number of anilines is 1. The Balaban J connectivity index is 1.52. The number of rotatable bonds is 4. The summed E-state index contributed by atoms with van der Waals surface area (Å²) in [4.78, 5) is 26.9. The van der Waals surface area contributed by atoms with Gasteiger partial charge in [-0.05, 0) is 48.5 Å². The Kier molecular flexibility index (Phi) is 4.92. The lowest BCUT2D eigenvalue weighted by atomic mass is 10.1. The van der Waals surface area contributed by atoms with Gasteiger partial charge in [-0.3, -0.25) is 14.9 Å². The van der Waals surface area contributed by atoms with Crippen LogP contribution in [0.2, 0.25) is 10.0 Å². The van der Waals surface area contributed by atoms with Gasteiger partial charge in [-0.25, -0.2) is 4.98 Å². The highest BCUT2D eigenvalue weighted by Gasteiger charge is 2.13. The summed E-state index contributed by atoms with van der Waals surface area (Å²) in [5.74, 6) is -0.00616. The Bertz CT molecular complexity index is 1240. The number of benzene rings is 3. The van der Waals surface area contributed by atoms with Crippen molar-refractivity contribution in [2.75, 3.05) is 5.32 Å². The van der Waals surface area contributed by atoms with Gasteiger partial charge in [-0.15, -0.1) is 0 Å². The molecule has 0 radical (unpaired) electrons. The molecule has 0 fully saturated rings. The third-order valence-electron chi connectivity index (χ3n) is 4.14. The van der Waals surface area contributed by atoms with Crippen LogP contribution in [-0.2, 0) is 0 Å². The molecule has 1 N–H and O–H groups in total. The monoisotopic (exact) mass is 427 g/mol. The molecule has 0 saturated carbocycles. The first-order valence-electron chi connectivity index (χ1n) is 8.32. The second kappa shape index (κ2) is 7.54. The van der Waals surface area contributed by atoms with E-state index in [2.05, 4.69) is 10.3 Å². The SMILES string of the molecule is O=C(Nc1ccc(-c2nc3cc(Cl)cc(Cl)c3o2)cc1)c1ccc([N+](=O)[O-])cc1. The molecule has 9 heteroatoms. The third kappa shape index (κ3) is 3.91. The molecule has 3 aromatic carbocycles. The van der Waals surface area contributed by atoms with Crippen LogP contribution in [0.25, 0.3) is 22.6 Å². The van der Waals surface area contributed by atoms with Crippen LogP contribution in [0.5, 0.6) is 0 Å². The molecule has 4 aromatic rings. The number of fused-ring (bicyclic) bond motifs is 1. The van der Waals surface area contributed by atoms with E-state index in [0.29, 0.717) is 43.9 Å². The van der Waals surface area contributed by atoms with Crippen LogP contribution in [0.1, 0.15) is 10.4 Å². The van der Waals surface area contributed by atoms with Crippen LogP contribution < -0.4 is 5.32 Å². The lowest BCUT2D eigenvalue weighted by molar-refractivity contribution is -0.384. The average Bonchev–Trinajstić information content (AvgIpc) is 3.13. The Morgan fingerprint density at radius 1 is 1.03 bits per heavy atom. The smallest absolute Gasteiger partial charge is 0.269 e. The minimum atomic E-state index is -0.520. The second-order valence-corrected chi connectivity index (χ2v) is 6.93. The number of nitro groups is 1. The maximum atomic E-state index is 12.3. The molecule has 4 rings (SSSR count). The zero-order chi connectivity index (χ0) is 20.5. The Labute approximate surface area is 174 Å². The quantitative estimate of drug-likeness (QED) is 0.319. The standard InChI is InChI=1S/C20H11Cl2N3O4/c21-13-9-16(22)18-17(10-13)24-20(29-18)12-1-5-14(6-2-12)23-19(26)11-3-7-15(8-4-11)25(27)28/h1-10H,(H,23,26). The molecular formula is C20H11Cl2N3O4. The number of nitrogens with one attached hydrogen (secondary N) is 1. The van der Waals surface area contributed by atoms with Crippen molar-refractivity contribution in [2.45, 2.75) is 0 Å². The predicted octanol–water partition coefficient (Wildman–Crippen LogP) is 5.96. The van der Waals surface area contributed by atoms with Crippen LogP contribution >= 0.6 is 23.2 Å². The fraction of sp³-hybridized carbons (Fsp3) is 0. The summed E-state index contributed by atoms with van der Waals surface area (Å²) in [6.07, 6.45) is 0. The third-order valence-corrected chi connectivity index (χ3v) is 4.64. The number of nitrogens with zero attached hydrogens (tertiary/aromatic N) is 2. The number of nitro benzene ring substituents is 1. The molecule has 7 nitrogen and oxygen atoms in total. The molecule has 1 aromatic heterocycles. The maximum absolute atomic E-state index is 12.3. The summed E-state index contributed by atoms with van der Waals surface area (Å²) in [5.41, 5.74) is 2.47. The lowest BCUT2D eigenvalue weighted by Gasteiger charge is -2.05. The number of hydrogen-bond donors (Lipinski definition) is 1. The van der Waals surface area contributed by atoms with E-state index >= 15 is 0 Å². The Morgan fingerprint density at radius 3 is 2.38 bits per heavy atom. The van der Waals surface area contributed by atoms with Crippen LogP contribution in [0.4, 0.5) is 11.4 Å². The fourth-order valence-electron chi connectivity index (χ4n) is 2.72. The van der Waals surface area contributed by atoms with E-state index < -0.39 is 4.92 Å². The lowest BCUT2D eigenvalue weighted by Crippen LogP contribution is -2.11. The highest BCUT2D eigenvalue weighted by molar-refractivity contribution is 6.38. The largest absolute Gasteiger partial charge is 0.435 e. The first kappa shape index (κ1) is 18.9. The van der Waals surface area contributed by atoms with E-state index in [-0.39, 0.29) is 11.6 Å². The molecular weight excluding hydrogens is 417 g/mol. The summed E-state index contributed by atoms with van der Waals surface area (Å²) in [6, 6.07) is 15.5. The topological polar surface area (TPSA) is 98.3 Å². The molecule has 0 aliphatic carbocycles. The predicted molar refractivity (Wildman–Crippen MR) is 111 cm³/mol. The normalized spacial score (nSPS) is 10.8. The number of non-ortho nitro benzene ring substituents is 1. The van der Waals surface area contributed by atoms with Crippen LogP contribution in [0.3, 0.4) is 0 Å². The van der Waals surface area contributed by atoms with Gasteiger partial charge in [0.1, 0.15) is 5.52 Å². The van der Waals surface area contributed by atoms with Crippen molar-refractivity contribution in [2.24, 2.45) is 0 Å². The van der Waals surface area contributed by atoms with E-state index in [1.54, 1.807) is 36.4 Å². The Morgan fingerprint density at radius 2 is 1.72 bits per heavy atom. The van der Waals surface area contributed by atoms with E-state index in [1.807, 2.05) is 0 Å².